The van der Waals surface area contributed by atoms with Gasteiger partial charge in [-0.2, -0.15) is 9.97 Å². The number of benzene rings is 1. The number of anilines is 2. The predicted molar refractivity (Wildman–Crippen MR) is 144 cm³/mol. The fraction of sp³-hybridized carbons (Fsp3) is 0.542. The zero-order valence-electron chi connectivity index (χ0n) is 22.4. The van der Waals surface area contributed by atoms with E-state index >= 15 is 0 Å². The molecule has 2 aromatic rings. The molecule has 2 heterocycles. The predicted octanol–water partition coefficient (Wildman–Crippen LogP) is 3.00. The molecule has 0 unspecified atom stereocenters. The first-order chi connectivity index (χ1) is 18.7. The van der Waals surface area contributed by atoms with E-state index < -0.39 is 30.0 Å². The lowest BCUT2D eigenvalue weighted by Crippen LogP contribution is -2.32. The average Bonchev–Trinajstić information content (AvgIpc) is 3.41. The number of aromatic nitrogens is 2. The van der Waals surface area contributed by atoms with Gasteiger partial charge in [0.05, 0.1) is 17.7 Å². The second kappa shape index (κ2) is 14.2. The van der Waals surface area contributed by atoms with Crippen molar-refractivity contribution in [2.24, 2.45) is 0 Å². The van der Waals surface area contributed by atoms with Gasteiger partial charge in [-0.3, -0.25) is 24.4 Å². The molecule has 1 fully saturated rings. The first-order valence-electron chi connectivity index (χ1n) is 12.5. The number of carbonyl (C=O) groups excluding carboxylic acids is 1. The normalized spacial score (nSPS) is 13.8. The molecule has 1 aliphatic heterocycles. The number of likely N-dealkylation sites (tertiary alicyclic amines) is 1. The van der Waals surface area contributed by atoms with Gasteiger partial charge in [-0.1, -0.05) is 24.3 Å². The molecular formula is C24H35N6O8P. The van der Waals surface area contributed by atoms with Gasteiger partial charge >= 0.3 is 25.3 Å². The molecule has 1 aromatic heterocycles. The highest BCUT2D eigenvalue weighted by atomic mass is 31.2. The van der Waals surface area contributed by atoms with Gasteiger partial charge in [0.2, 0.25) is 11.6 Å². The van der Waals surface area contributed by atoms with Crippen LogP contribution in [-0.4, -0.2) is 79.0 Å². The van der Waals surface area contributed by atoms with Gasteiger partial charge in [0, 0.05) is 27.3 Å². The van der Waals surface area contributed by atoms with E-state index in [0.29, 0.717) is 0 Å². The number of hydrogen-bond donors (Lipinski definition) is 1. The minimum atomic E-state index is -3.37. The van der Waals surface area contributed by atoms with Gasteiger partial charge in [0.25, 0.3) is 0 Å². The van der Waals surface area contributed by atoms with E-state index in [1.807, 2.05) is 24.3 Å². The smallest absolute Gasteiger partial charge is 0.353 e. The molecule has 2 N–H and O–H groups in total. The van der Waals surface area contributed by atoms with Crippen LogP contribution in [0.15, 0.2) is 24.3 Å². The molecule has 0 saturated carbocycles. The van der Waals surface area contributed by atoms with Crippen molar-refractivity contribution in [1.82, 2.24) is 14.9 Å². The minimum Gasteiger partial charge on any atom is -0.465 e. The van der Waals surface area contributed by atoms with E-state index in [9.17, 15) is 19.5 Å². The Balaban J connectivity index is 1.93. The molecule has 15 heteroatoms. The lowest BCUT2D eigenvalue weighted by Gasteiger charge is -2.24. The van der Waals surface area contributed by atoms with E-state index in [2.05, 4.69) is 14.9 Å². The van der Waals surface area contributed by atoms with Crippen molar-refractivity contribution in [3.63, 3.8) is 0 Å². The summed E-state index contributed by atoms with van der Waals surface area (Å²) in [5, 5.41) is 12.0. The first-order valence-corrected chi connectivity index (χ1v) is 14.3. The summed E-state index contributed by atoms with van der Waals surface area (Å²) in [4.78, 5) is 35.7. The Bertz CT molecular complexity index is 1190. The minimum absolute atomic E-state index is 0.103. The zero-order valence-corrected chi connectivity index (χ0v) is 23.3. The van der Waals surface area contributed by atoms with Crippen molar-refractivity contribution in [3.05, 3.63) is 45.5 Å². The Morgan fingerprint density at radius 2 is 1.90 bits per heavy atom. The summed E-state index contributed by atoms with van der Waals surface area (Å²) >= 11 is 0. The van der Waals surface area contributed by atoms with Gasteiger partial charge in [0.15, 0.2) is 0 Å². The highest BCUT2D eigenvalue weighted by Gasteiger charge is 2.30. The topological polar surface area (TPSA) is 172 Å². The van der Waals surface area contributed by atoms with Crippen molar-refractivity contribution >= 4 is 30.9 Å². The largest absolute Gasteiger partial charge is 0.465 e. The number of hydrogen-bond acceptors (Lipinski definition) is 13. The number of nitrogens with zero attached hydrogens (tertiary/aromatic N) is 5. The van der Waals surface area contributed by atoms with Crippen LogP contribution in [0, 0.1) is 10.1 Å². The van der Waals surface area contributed by atoms with Crippen molar-refractivity contribution < 1.29 is 32.8 Å². The van der Waals surface area contributed by atoms with Crippen molar-refractivity contribution in [3.8, 4) is 6.01 Å². The Morgan fingerprint density at radius 1 is 1.21 bits per heavy atom. The number of rotatable bonds is 15. The summed E-state index contributed by atoms with van der Waals surface area (Å²) in [7, 11) is -0.877. The van der Waals surface area contributed by atoms with E-state index in [0.717, 1.165) is 30.8 Å². The Hall–Kier alpha value is -3.32. The van der Waals surface area contributed by atoms with Gasteiger partial charge in [-0.15, -0.1) is 0 Å². The molecule has 0 bridgehead atoms. The molecule has 0 spiro atoms. The third-order valence-corrected chi connectivity index (χ3v) is 7.94. The first kappa shape index (κ1) is 30.2. The highest BCUT2D eigenvalue weighted by Crippen LogP contribution is 2.45. The average molecular weight is 567 g/mol. The van der Waals surface area contributed by atoms with Gasteiger partial charge in [-0.25, -0.2) is 0 Å². The van der Waals surface area contributed by atoms with Crippen LogP contribution in [-0.2, 0) is 36.2 Å². The molecule has 1 aromatic carbocycles. The molecule has 0 amide bonds. The fourth-order valence-electron chi connectivity index (χ4n) is 4.22. The monoisotopic (exact) mass is 566 g/mol. The summed E-state index contributed by atoms with van der Waals surface area (Å²) in [5.41, 5.74) is 7.27. The van der Waals surface area contributed by atoms with Gasteiger partial charge in [-0.05, 0) is 44.0 Å². The van der Waals surface area contributed by atoms with Crippen LogP contribution in [0.1, 0.15) is 30.9 Å². The summed E-state index contributed by atoms with van der Waals surface area (Å²) < 4.78 is 32.7. The van der Waals surface area contributed by atoms with Gasteiger partial charge in [0.1, 0.15) is 13.2 Å². The lowest BCUT2D eigenvalue weighted by atomic mass is 10.1. The number of carbonyl (C=O) groups is 1. The molecule has 1 saturated heterocycles. The number of esters is 1. The summed E-state index contributed by atoms with van der Waals surface area (Å²) in [6.45, 7) is 4.27. The van der Waals surface area contributed by atoms with Crippen molar-refractivity contribution in [1.29, 1.82) is 0 Å². The molecule has 0 radical (unpaired) electrons. The third-order valence-electron chi connectivity index (χ3n) is 6.10. The molecule has 1 aliphatic rings. The van der Waals surface area contributed by atoms with E-state index in [4.69, 9.17) is 24.3 Å². The fourth-order valence-corrected chi connectivity index (χ4v) is 5.05. The van der Waals surface area contributed by atoms with Crippen LogP contribution < -0.4 is 15.4 Å². The number of nitro groups is 1. The van der Waals surface area contributed by atoms with Crippen LogP contribution in [0.5, 0.6) is 6.01 Å². The number of ether oxygens (including phenoxy) is 2. The molecule has 0 aliphatic carbocycles. The molecule has 0 atom stereocenters. The SMILES string of the molecule is CCOC(=O)CN(Cc1cccc(CN2CCCC2)c1)c1nc(OCCP(=O)(OC)OC)nc(N)c1[N+](=O)[O-]. The third kappa shape index (κ3) is 8.59. The quantitative estimate of drug-likeness (QED) is 0.144. The lowest BCUT2D eigenvalue weighted by molar-refractivity contribution is -0.383. The van der Waals surface area contributed by atoms with Crippen LogP contribution >= 0.6 is 7.60 Å². The number of nitrogens with two attached hydrogens (primary N) is 1. The molecule has 214 valence electrons. The van der Waals surface area contributed by atoms with Crippen molar-refractivity contribution in [2.75, 3.05) is 63.9 Å². The second-order valence-corrected chi connectivity index (χ2v) is 11.2. The molecular weight excluding hydrogens is 531 g/mol. The molecule has 3 rings (SSSR count). The van der Waals surface area contributed by atoms with Crippen LogP contribution in [0.4, 0.5) is 17.3 Å². The summed E-state index contributed by atoms with van der Waals surface area (Å²) in [5.74, 6) is -1.25. The Labute approximate surface area is 227 Å². The summed E-state index contributed by atoms with van der Waals surface area (Å²) in [6.07, 6.45) is 2.22. The standard InChI is InChI=1S/C24H35N6O8P/c1-4-37-20(31)17-29(16-19-9-7-8-18(14-19)15-28-10-5-6-11-28)23-21(30(32)33)22(25)26-24(27-23)38-12-13-39(34,35-2)36-3/h7-9,14H,4-6,10-13,15-17H2,1-3H3,(H2,25,26,27). The maximum Gasteiger partial charge on any atom is 0.353 e. The van der Waals surface area contributed by atoms with E-state index in [-0.39, 0.29) is 44.3 Å². The highest BCUT2D eigenvalue weighted by molar-refractivity contribution is 7.53. The molecule has 39 heavy (non-hydrogen) atoms. The maximum absolute atomic E-state index is 12.5. The molecule has 14 nitrogen and oxygen atoms in total. The van der Waals surface area contributed by atoms with Gasteiger partial charge < -0.3 is 29.2 Å². The van der Waals surface area contributed by atoms with E-state index in [1.165, 1.54) is 32.0 Å². The second-order valence-electron chi connectivity index (χ2n) is 8.83. The van der Waals surface area contributed by atoms with Crippen LogP contribution in [0.3, 0.4) is 0 Å². The Kier molecular flexibility index (Phi) is 11.0. The van der Waals surface area contributed by atoms with Crippen LogP contribution in [0.25, 0.3) is 0 Å². The maximum atomic E-state index is 12.5. The van der Waals surface area contributed by atoms with E-state index in [1.54, 1.807) is 6.92 Å². The summed E-state index contributed by atoms with van der Waals surface area (Å²) in [6, 6.07) is 7.50. The van der Waals surface area contributed by atoms with Crippen LogP contribution in [0.2, 0.25) is 0 Å². The Morgan fingerprint density at radius 3 is 2.54 bits per heavy atom. The zero-order chi connectivity index (χ0) is 28.4. The number of nitrogen functional groups attached to an aromatic ring is 1. The van der Waals surface area contributed by atoms with Crippen molar-refractivity contribution in [2.45, 2.75) is 32.9 Å².